The molecular weight excluding hydrogens is 290 g/mol. The van der Waals surface area contributed by atoms with Crippen molar-refractivity contribution in [1.82, 2.24) is 4.90 Å². The average Bonchev–Trinajstić information content (AvgIpc) is 2.81. The van der Waals surface area contributed by atoms with Crippen molar-refractivity contribution in [2.24, 2.45) is 29.6 Å². The molecule has 0 spiro atoms. The zero-order valence-corrected chi connectivity index (χ0v) is 12.9. The second-order valence-corrected chi connectivity index (χ2v) is 7.32. The molecule has 2 bridgehead atoms. The Hall–Kier alpha value is -0.0500. The summed E-state index contributed by atoms with van der Waals surface area (Å²) in [6.45, 7) is 0.955. The van der Waals surface area contributed by atoms with Gasteiger partial charge in [0.1, 0.15) is 0 Å². The number of hydrogen-bond donors (Lipinski definition) is 0. The van der Waals surface area contributed by atoms with E-state index in [4.69, 9.17) is 0 Å². The molecule has 0 aromatic carbocycles. The van der Waals surface area contributed by atoms with Crippen LogP contribution in [0.2, 0.25) is 0 Å². The standard InChI is InChI=1S/C15H24BrNO/c1-17(8-4-2-3-7-16)15(18)14-12-10-5-6-11(9-10)13(12)14/h10-14H,2-9H2,1H3. The van der Waals surface area contributed by atoms with E-state index in [1.54, 1.807) is 0 Å². The zero-order valence-electron chi connectivity index (χ0n) is 11.3. The number of carbonyl (C=O) groups excluding carboxylic acids is 1. The molecule has 3 saturated carbocycles. The Labute approximate surface area is 119 Å². The Bertz CT molecular complexity index is 316. The first-order chi connectivity index (χ1) is 8.74. The Morgan fingerprint density at radius 2 is 1.83 bits per heavy atom. The number of hydrogen-bond acceptors (Lipinski definition) is 1. The van der Waals surface area contributed by atoms with Gasteiger partial charge in [-0.25, -0.2) is 0 Å². The lowest BCUT2D eigenvalue weighted by atomic mass is 10.0. The predicted molar refractivity (Wildman–Crippen MR) is 76.6 cm³/mol. The topological polar surface area (TPSA) is 20.3 Å². The number of amides is 1. The quantitative estimate of drug-likeness (QED) is 0.544. The maximum absolute atomic E-state index is 12.4. The van der Waals surface area contributed by atoms with Crippen LogP contribution in [0.4, 0.5) is 0 Å². The molecule has 18 heavy (non-hydrogen) atoms. The van der Waals surface area contributed by atoms with Crippen molar-refractivity contribution in [3.05, 3.63) is 0 Å². The van der Waals surface area contributed by atoms with Crippen molar-refractivity contribution in [1.29, 1.82) is 0 Å². The van der Waals surface area contributed by atoms with Gasteiger partial charge in [-0.15, -0.1) is 0 Å². The molecule has 3 heteroatoms. The Morgan fingerprint density at radius 1 is 1.17 bits per heavy atom. The highest BCUT2D eigenvalue weighted by molar-refractivity contribution is 9.09. The molecule has 3 aliphatic rings. The molecule has 0 heterocycles. The van der Waals surface area contributed by atoms with E-state index in [9.17, 15) is 4.79 Å². The zero-order chi connectivity index (χ0) is 12.7. The largest absolute Gasteiger partial charge is 0.346 e. The molecule has 3 fully saturated rings. The molecule has 4 atom stereocenters. The summed E-state index contributed by atoms with van der Waals surface area (Å²) in [6, 6.07) is 0. The number of rotatable bonds is 6. The molecular formula is C15H24BrNO. The first-order valence-corrected chi connectivity index (χ1v) is 8.67. The molecule has 4 unspecified atom stereocenters. The van der Waals surface area contributed by atoms with Gasteiger partial charge < -0.3 is 4.90 Å². The summed E-state index contributed by atoms with van der Waals surface area (Å²) >= 11 is 3.45. The highest BCUT2D eigenvalue weighted by Crippen LogP contribution is 2.69. The van der Waals surface area contributed by atoms with E-state index in [0.29, 0.717) is 11.8 Å². The van der Waals surface area contributed by atoms with Gasteiger partial charge in [-0.2, -0.15) is 0 Å². The van der Waals surface area contributed by atoms with Gasteiger partial charge in [-0.3, -0.25) is 4.79 Å². The van der Waals surface area contributed by atoms with Crippen molar-refractivity contribution >= 4 is 21.8 Å². The van der Waals surface area contributed by atoms with Gasteiger partial charge in [-0.1, -0.05) is 22.4 Å². The van der Waals surface area contributed by atoms with Crippen LogP contribution in [-0.2, 0) is 4.79 Å². The summed E-state index contributed by atoms with van der Waals surface area (Å²) in [6.07, 6.45) is 7.86. The third-order valence-corrected chi connectivity index (χ3v) is 6.08. The summed E-state index contributed by atoms with van der Waals surface area (Å²) in [5.41, 5.74) is 0. The van der Waals surface area contributed by atoms with E-state index in [1.165, 1.54) is 32.1 Å². The third kappa shape index (κ3) is 2.13. The molecule has 2 nitrogen and oxygen atoms in total. The van der Waals surface area contributed by atoms with E-state index in [-0.39, 0.29) is 0 Å². The lowest BCUT2D eigenvalue weighted by Gasteiger charge is -2.19. The van der Waals surface area contributed by atoms with E-state index >= 15 is 0 Å². The maximum atomic E-state index is 12.4. The minimum atomic E-state index is 0.428. The van der Waals surface area contributed by atoms with E-state index in [0.717, 1.165) is 42.0 Å². The van der Waals surface area contributed by atoms with Gasteiger partial charge in [-0.05, 0) is 55.8 Å². The van der Waals surface area contributed by atoms with Crippen molar-refractivity contribution in [3.8, 4) is 0 Å². The maximum Gasteiger partial charge on any atom is 0.226 e. The summed E-state index contributed by atoms with van der Waals surface area (Å²) in [5, 5.41) is 1.08. The first kappa shape index (κ1) is 13.0. The number of alkyl halides is 1. The normalized spacial score (nSPS) is 39.8. The smallest absolute Gasteiger partial charge is 0.226 e. The molecule has 0 aromatic heterocycles. The van der Waals surface area contributed by atoms with Gasteiger partial charge in [0, 0.05) is 24.8 Å². The third-order valence-electron chi connectivity index (χ3n) is 5.52. The summed E-state index contributed by atoms with van der Waals surface area (Å²) in [4.78, 5) is 14.4. The lowest BCUT2D eigenvalue weighted by Crippen LogP contribution is -2.31. The van der Waals surface area contributed by atoms with Crippen LogP contribution in [0, 0.1) is 29.6 Å². The Morgan fingerprint density at radius 3 is 2.44 bits per heavy atom. The number of carbonyl (C=O) groups is 1. The van der Waals surface area contributed by atoms with Crippen LogP contribution >= 0.6 is 15.9 Å². The molecule has 1 amide bonds. The van der Waals surface area contributed by atoms with Crippen LogP contribution in [0.15, 0.2) is 0 Å². The van der Waals surface area contributed by atoms with Crippen molar-refractivity contribution in [2.45, 2.75) is 38.5 Å². The van der Waals surface area contributed by atoms with Crippen LogP contribution in [0.5, 0.6) is 0 Å². The van der Waals surface area contributed by atoms with Gasteiger partial charge >= 0.3 is 0 Å². The molecule has 0 saturated heterocycles. The second-order valence-electron chi connectivity index (χ2n) is 6.52. The van der Waals surface area contributed by atoms with Gasteiger partial charge in [0.15, 0.2) is 0 Å². The fourth-order valence-electron chi connectivity index (χ4n) is 4.64. The van der Waals surface area contributed by atoms with Crippen LogP contribution in [-0.4, -0.2) is 29.7 Å². The van der Waals surface area contributed by atoms with Crippen LogP contribution in [0.1, 0.15) is 38.5 Å². The van der Waals surface area contributed by atoms with E-state index in [1.807, 2.05) is 11.9 Å². The fourth-order valence-corrected chi connectivity index (χ4v) is 5.04. The van der Waals surface area contributed by atoms with Crippen molar-refractivity contribution < 1.29 is 4.79 Å². The molecule has 0 aromatic rings. The highest BCUT2D eigenvalue weighted by atomic mass is 79.9. The minimum Gasteiger partial charge on any atom is -0.346 e. The average molecular weight is 314 g/mol. The monoisotopic (exact) mass is 313 g/mol. The van der Waals surface area contributed by atoms with E-state index < -0.39 is 0 Å². The minimum absolute atomic E-state index is 0.428. The van der Waals surface area contributed by atoms with Crippen LogP contribution in [0.3, 0.4) is 0 Å². The lowest BCUT2D eigenvalue weighted by molar-refractivity contribution is -0.132. The molecule has 102 valence electrons. The van der Waals surface area contributed by atoms with E-state index in [2.05, 4.69) is 15.9 Å². The number of unbranched alkanes of at least 4 members (excludes halogenated alkanes) is 2. The first-order valence-electron chi connectivity index (χ1n) is 7.55. The Balaban J connectivity index is 1.45. The van der Waals surface area contributed by atoms with Gasteiger partial charge in [0.05, 0.1) is 0 Å². The molecule has 0 N–H and O–H groups in total. The number of nitrogens with zero attached hydrogens (tertiary/aromatic N) is 1. The van der Waals surface area contributed by atoms with Crippen molar-refractivity contribution in [2.75, 3.05) is 18.9 Å². The van der Waals surface area contributed by atoms with Gasteiger partial charge in [0.2, 0.25) is 5.91 Å². The summed E-state index contributed by atoms with van der Waals surface area (Å²) in [5.74, 6) is 4.30. The molecule has 3 rings (SSSR count). The Kier molecular flexibility index (Phi) is 3.70. The molecule has 0 radical (unpaired) electrons. The van der Waals surface area contributed by atoms with Gasteiger partial charge in [0.25, 0.3) is 0 Å². The SMILES string of the molecule is CN(CCCCCBr)C(=O)C1C2C3CCC(C3)C12. The number of halogens is 1. The fraction of sp³-hybridized carbons (Fsp3) is 0.933. The second kappa shape index (κ2) is 5.15. The predicted octanol–water partition coefficient (Wildman–Crippen LogP) is 3.30. The summed E-state index contributed by atoms with van der Waals surface area (Å²) in [7, 11) is 2.01. The van der Waals surface area contributed by atoms with Crippen molar-refractivity contribution in [3.63, 3.8) is 0 Å². The molecule has 3 aliphatic carbocycles. The number of fused-ring (bicyclic) bond motifs is 5. The van der Waals surface area contributed by atoms with Crippen LogP contribution < -0.4 is 0 Å². The molecule has 0 aliphatic heterocycles. The summed E-state index contributed by atoms with van der Waals surface area (Å²) < 4.78 is 0. The highest BCUT2D eigenvalue weighted by Gasteiger charge is 2.67. The van der Waals surface area contributed by atoms with Crippen LogP contribution in [0.25, 0.3) is 0 Å².